The molecule has 2 N–H and O–H groups in total. The molecule has 2 amide bonds. The van der Waals surface area contributed by atoms with Crippen molar-refractivity contribution in [2.45, 2.75) is 52.9 Å². The maximum atomic E-state index is 12.4. The molecule has 158 valence electrons. The van der Waals surface area contributed by atoms with Gasteiger partial charge >= 0.3 is 0 Å². The van der Waals surface area contributed by atoms with E-state index >= 15 is 0 Å². The van der Waals surface area contributed by atoms with Gasteiger partial charge in [0, 0.05) is 37.6 Å². The van der Waals surface area contributed by atoms with Crippen molar-refractivity contribution in [2.24, 2.45) is 5.41 Å². The number of carbonyl (C=O) groups is 5. The summed E-state index contributed by atoms with van der Waals surface area (Å²) in [6.07, 6.45) is -1.40. The Morgan fingerprint density at radius 3 is 2.36 bits per heavy atom. The van der Waals surface area contributed by atoms with Crippen LogP contribution in [0.3, 0.4) is 0 Å². The first-order valence-electron chi connectivity index (χ1n) is 9.01. The molecule has 1 aliphatic heterocycles. The molecule has 1 rings (SSSR count). The van der Waals surface area contributed by atoms with E-state index in [1.807, 2.05) is 13.8 Å². The van der Waals surface area contributed by atoms with Crippen molar-refractivity contribution in [3.05, 3.63) is 0 Å². The zero-order valence-corrected chi connectivity index (χ0v) is 17.5. The van der Waals surface area contributed by atoms with Gasteiger partial charge in [-0.25, -0.2) is 0 Å². The fraction of sp³-hybridized carbons (Fsp3) is 0.722. The monoisotopic (exact) mass is 416 g/mol. The summed E-state index contributed by atoms with van der Waals surface area (Å²) in [6, 6.07) is 0. The minimum Gasteiger partial charge on any atom is -0.355 e. The minimum absolute atomic E-state index is 0.0670. The van der Waals surface area contributed by atoms with Crippen LogP contribution in [0.25, 0.3) is 0 Å². The average Bonchev–Trinajstić information content (AvgIpc) is 2.59. The predicted molar refractivity (Wildman–Crippen MR) is 102 cm³/mol. The normalized spacial score (nSPS) is 20.9. The Bertz CT molecular complexity index is 621. The number of carbonyl (C=O) groups excluding carboxylic acids is 5. The van der Waals surface area contributed by atoms with Crippen molar-refractivity contribution in [1.29, 1.82) is 0 Å². The van der Waals surface area contributed by atoms with E-state index < -0.39 is 28.7 Å². The van der Waals surface area contributed by atoms with Crippen molar-refractivity contribution >= 4 is 40.3 Å². The van der Waals surface area contributed by atoms with Crippen molar-refractivity contribution in [3.8, 4) is 0 Å². The van der Waals surface area contributed by atoms with Crippen molar-refractivity contribution in [3.63, 3.8) is 0 Å². The Hall–Kier alpha value is -1.78. The van der Waals surface area contributed by atoms with Crippen LogP contribution in [0.5, 0.6) is 0 Å². The molecular formula is C18H28N2O7S. The molecule has 0 aromatic rings. The maximum absolute atomic E-state index is 12.4. The van der Waals surface area contributed by atoms with Gasteiger partial charge < -0.3 is 20.1 Å². The third-order valence-electron chi connectivity index (χ3n) is 3.93. The number of rotatable bonds is 10. The van der Waals surface area contributed by atoms with Crippen LogP contribution in [0.4, 0.5) is 0 Å². The van der Waals surface area contributed by atoms with E-state index in [1.165, 1.54) is 13.8 Å². The van der Waals surface area contributed by atoms with Gasteiger partial charge in [-0.2, -0.15) is 0 Å². The zero-order valence-electron chi connectivity index (χ0n) is 16.7. The third kappa shape index (κ3) is 8.49. The van der Waals surface area contributed by atoms with Crippen LogP contribution in [0.2, 0.25) is 0 Å². The van der Waals surface area contributed by atoms with Crippen LogP contribution < -0.4 is 10.6 Å². The van der Waals surface area contributed by atoms with Gasteiger partial charge in [0.15, 0.2) is 6.29 Å². The van der Waals surface area contributed by atoms with E-state index in [0.29, 0.717) is 5.75 Å². The molecule has 2 atom stereocenters. The molecule has 1 heterocycles. The molecule has 0 saturated carbocycles. The predicted octanol–water partition coefficient (Wildman–Crippen LogP) is 0.205. The first kappa shape index (κ1) is 24.3. The van der Waals surface area contributed by atoms with Crippen molar-refractivity contribution < 1.29 is 33.4 Å². The number of thioether (sulfide) groups is 1. The largest absolute Gasteiger partial charge is 0.355 e. The summed E-state index contributed by atoms with van der Waals surface area (Å²) in [5.41, 5.74) is -0.569. The molecule has 1 saturated heterocycles. The molecule has 0 aliphatic carbocycles. The first-order valence-corrected chi connectivity index (χ1v) is 10.00. The lowest BCUT2D eigenvalue weighted by atomic mass is 9.85. The summed E-state index contributed by atoms with van der Waals surface area (Å²) in [6.45, 7) is 6.93. The summed E-state index contributed by atoms with van der Waals surface area (Å²) in [5.74, 6) is -0.959. The maximum Gasteiger partial charge on any atom is 0.254 e. The highest BCUT2D eigenvalue weighted by Gasteiger charge is 2.42. The first-order chi connectivity index (χ1) is 13.0. The number of hydrogen-bond donors (Lipinski definition) is 2. The lowest BCUT2D eigenvalue weighted by molar-refractivity contribution is -0.253. The molecule has 10 heteroatoms. The third-order valence-corrected chi connectivity index (χ3v) is 4.89. The smallest absolute Gasteiger partial charge is 0.254 e. The topological polar surface area (TPSA) is 128 Å². The molecule has 0 aromatic carbocycles. The summed E-state index contributed by atoms with van der Waals surface area (Å²) in [4.78, 5) is 57.4. The molecular weight excluding hydrogens is 388 g/mol. The average molecular weight is 416 g/mol. The number of amides is 2. The fourth-order valence-electron chi connectivity index (χ4n) is 2.43. The minimum atomic E-state index is -0.789. The van der Waals surface area contributed by atoms with Gasteiger partial charge in [0.1, 0.15) is 11.9 Å². The van der Waals surface area contributed by atoms with Gasteiger partial charge in [0.2, 0.25) is 17.6 Å². The van der Waals surface area contributed by atoms with Gasteiger partial charge in [-0.1, -0.05) is 25.6 Å². The Morgan fingerprint density at radius 1 is 1.07 bits per heavy atom. The molecule has 0 bridgehead atoms. The van der Waals surface area contributed by atoms with E-state index in [4.69, 9.17) is 9.47 Å². The number of hydrogen-bond acceptors (Lipinski definition) is 8. The van der Waals surface area contributed by atoms with Gasteiger partial charge in [-0.3, -0.25) is 24.0 Å². The quantitative estimate of drug-likeness (QED) is 0.382. The zero-order chi connectivity index (χ0) is 21.3. The number of Topliss-reactive ketones (excluding diaryl/α,β-unsaturated/α-hetero) is 2. The van der Waals surface area contributed by atoms with Crippen molar-refractivity contribution in [1.82, 2.24) is 10.6 Å². The molecule has 0 aromatic heterocycles. The summed E-state index contributed by atoms with van der Waals surface area (Å²) < 4.78 is 11.1. The lowest BCUT2D eigenvalue weighted by Gasteiger charge is -2.40. The number of ether oxygens (including phenoxy) is 2. The second kappa shape index (κ2) is 11.3. The van der Waals surface area contributed by atoms with Crippen LogP contribution >= 0.6 is 11.8 Å². The molecule has 0 radical (unpaired) electrons. The van der Waals surface area contributed by atoms with Crippen LogP contribution in [-0.2, 0) is 33.4 Å². The number of nitrogens with one attached hydrogen (secondary N) is 2. The van der Waals surface area contributed by atoms with E-state index in [9.17, 15) is 24.0 Å². The highest BCUT2D eigenvalue weighted by molar-refractivity contribution is 8.15. The van der Waals surface area contributed by atoms with Crippen LogP contribution in [0.1, 0.15) is 40.5 Å². The van der Waals surface area contributed by atoms with E-state index in [0.717, 1.165) is 11.8 Å². The molecule has 1 fully saturated rings. The standard InChI is InChI=1S/C18H28N2O7S/c1-11(21)9-14-26-10-18(3,4)15(27-14)16(24)20-6-5-13(23)19-7-8-28-17(25)12(2)22/h14-15H,5-10H2,1-4H3,(H,19,23)(H,20,24)/t14?,15-/m0/s1. The second-order valence-electron chi connectivity index (χ2n) is 7.23. The van der Waals surface area contributed by atoms with E-state index in [1.54, 1.807) is 0 Å². The van der Waals surface area contributed by atoms with Gasteiger partial charge in [0.05, 0.1) is 13.0 Å². The Balaban J connectivity index is 2.33. The number of ketones is 2. The van der Waals surface area contributed by atoms with E-state index in [2.05, 4.69) is 10.6 Å². The Morgan fingerprint density at radius 2 is 1.75 bits per heavy atom. The molecule has 9 nitrogen and oxygen atoms in total. The lowest BCUT2D eigenvalue weighted by Crippen LogP contribution is -2.54. The van der Waals surface area contributed by atoms with Crippen LogP contribution in [-0.4, -0.2) is 66.3 Å². The highest BCUT2D eigenvalue weighted by Crippen LogP contribution is 2.31. The van der Waals surface area contributed by atoms with Gasteiger partial charge in [0.25, 0.3) is 5.12 Å². The van der Waals surface area contributed by atoms with Crippen molar-refractivity contribution in [2.75, 3.05) is 25.4 Å². The SMILES string of the molecule is CC(=O)CC1OCC(C)(C)[C@H](C(=O)NCCC(=O)NCCSC(=O)C(C)=O)O1. The molecule has 1 aliphatic rings. The Labute approximate surface area is 168 Å². The fourth-order valence-corrected chi connectivity index (χ4v) is 3.03. The highest BCUT2D eigenvalue weighted by atomic mass is 32.2. The summed E-state index contributed by atoms with van der Waals surface area (Å²) >= 11 is 0.853. The Kier molecular flexibility index (Phi) is 9.77. The van der Waals surface area contributed by atoms with Gasteiger partial charge in [-0.05, 0) is 6.92 Å². The summed E-state index contributed by atoms with van der Waals surface area (Å²) in [7, 11) is 0. The molecule has 1 unspecified atom stereocenters. The van der Waals surface area contributed by atoms with Crippen LogP contribution in [0.15, 0.2) is 0 Å². The molecule has 0 spiro atoms. The van der Waals surface area contributed by atoms with Crippen LogP contribution in [0, 0.1) is 5.41 Å². The second-order valence-corrected chi connectivity index (χ2v) is 8.30. The molecule has 28 heavy (non-hydrogen) atoms. The van der Waals surface area contributed by atoms with Gasteiger partial charge in [-0.15, -0.1) is 0 Å². The van der Waals surface area contributed by atoms with E-state index in [-0.39, 0.29) is 50.1 Å². The summed E-state index contributed by atoms with van der Waals surface area (Å²) in [5, 5.41) is 4.74.